The highest BCUT2D eigenvalue weighted by molar-refractivity contribution is 5.92. The molecule has 0 aromatic rings. The van der Waals surface area contributed by atoms with Gasteiger partial charge in [0.1, 0.15) is 5.60 Å². The van der Waals surface area contributed by atoms with Crippen LogP contribution in [0.15, 0.2) is 23.3 Å². The SMILES string of the molecule is CCCCCCCC1=CC2=CC(=O)OC2(C)C(C)(O)C1(O)C(=O)OC. The van der Waals surface area contributed by atoms with Crippen LogP contribution < -0.4 is 0 Å². The van der Waals surface area contributed by atoms with Crippen molar-refractivity contribution >= 4 is 11.9 Å². The number of aliphatic hydroxyl groups is 2. The van der Waals surface area contributed by atoms with Crippen molar-refractivity contribution < 1.29 is 29.3 Å². The molecule has 1 heterocycles. The van der Waals surface area contributed by atoms with Crippen molar-refractivity contribution in [1.29, 1.82) is 0 Å². The average Bonchev–Trinajstić information content (AvgIpc) is 2.86. The van der Waals surface area contributed by atoms with Crippen LogP contribution in [-0.4, -0.2) is 46.1 Å². The summed E-state index contributed by atoms with van der Waals surface area (Å²) in [7, 11) is 1.16. The molecule has 2 N–H and O–H groups in total. The second-order valence-electron chi connectivity index (χ2n) is 7.16. The minimum absolute atomic E-state index is 0.350. The summed E-state index contributed by atoms with van der Waals surface area (Å²) >= 11 is 0. The molecule has 0 saturated heterocycles. The monoisotopic (exact) mass is 352 g/mol. The predicted molar refractivity (Wildman–Crippen MR) is 91.6 cm³/mol. The van der Waals surface area contributed by atoms with Gasteiger partial charge in [0.2, 0.25) is 5.60 Å². The van der Waals surface area contributed by atoms with E-state index in [2.05, 4.69) is 6.92 Å². The highest BCUT2D eigenvalue weighted by atomic mass is 16.6. The van der Waals surface area contributed by atoms with Crippen molar-refractivity contribution in [3.63, 3.8) is 0 Å². The Bertz CT molecular complexity index is 617. The van der Waals surface area contributed by atoms with Crippen LogP contribution in [0.3, 0.4) is 0 Å². The Morgan fingerprint density at radius 2 is 1.80 bits per heavy atom. The number of hydrogen-bond donors (Lipinski definition) is 2. The highest BCUT2D eigenvalue weighted by Crippen LogP contribution is 2.52. The maximum atomic E-state index is 12.4. The van der Waals surface area contributed by atoms with E-state index in [-0.39, 0.29) is 0 Å². The summed E-state index contributed by atoms with van der Waals surface area (Å²) in [4.78, 5) is 24.2. The fourth-order valence-corrected chi connectivity index (χ4v) is 3.71. The van der Waals surface area contributed by atoms with Gasteiger partial charge in [0.15, 0.2) is 5.60 Å². The van der Waals surface area contributed by atoms with E-state index in [9.17, 15) is 19.8 Å². The van der Waals surface area contributed by atoms with Crippen molar-refractivity contribution in [2.45, 2.75) is 76.1 Å². The second kappa shape index (κ2) is 6.92. The van der Waals surface area contributed by atoms with Crippen LogP contribution in [0.2, 0.25) is 0 Å². The van der Waals surface area contributed by atoms with Gasteiger partial charge < -0.3 is 19.7 Å². The Morgan fingerprint density at radius 1 is 1.16 bits per heavy atom. The summed E-state index contributed by atoms with van der Waals surface area (Å²) in [5, 5.41) is 22.4. The predicted octanol–water partition coefficient (Wildman–Crippen LogP) is 2.18. The number of fused-ring (bicyclic) bond motifs is 1. The molecular weight excluding hydrogens is 324 g/mol. The van der Waals surface area contributed by atoms with Gasteiger partial charge in [-0.15, -0.1) is 0 Å². The van der Waals surface area contributed by atoms with Crippen molar-refractivity contribution in [2.24, 2.45) is 0 Å². The van der Waals surface area contributed by atoms with Crippen molar-refractivity contribution in [1.82, 2.24) is 0 Å². The first-order chi connectivity index (χ1) is 11.6. The largest absolute Gasteiger partial charge is 0.467 e. The second-order valence-corrected chi connectivity index (χ2v) is 7.16. The minimum atomic E-state index is -2.27. The van der Waals surface area contributed by atoms with E-state index < -0.39 is 28.7 Å². The van der Waals surface area contributed by atoms with E-state index in [1.807, 2.05) is 0 Å². The van der Waals surface area contributed by atoms with Gasteiger partial charge in [-0.05, 0) is 32.3 Å². The van der Waals surface area contributed by atoms with Crippen molar-refractivity contribution in [3.05, 3.63) is 23.3 Å². The number of carbonyl (C=O) groups excluding carboxylic acids is 2. The molecule has 0 radical (unpaired) electrons. The molecule has 3 atom stereocenters. The third-order valence-electron chi connectivity index (χ3n) is 5.59. The zero-order valence-corrected chi connectivity index (χ0v) is 15.4. The molecule has 3 unspecified atom stereocenters. The van der Waals surface area contributed by atoms with Gasteiger partial charge in [0.25, 0.3) is 0 Å². The van der Waals surface area contributed by atoms with Crippen molar-refractivity contribution in [3.8, 4) is 0 Å². The van der Waals surface area contributed by atoms with E-state index in [0.29, 0.717) is 17.6 Å². The number of ether oxygens (including phenoxy) is 2. The summed E-state index contributed by atoms with van der Waals surface area (Å²) in [5.41, 5.74) is -5.04. The molecule has 6 heteroatoms. The molecule has 0 amide bonds. The zero-order valence-electron chi connectivity index (χ0n) is 15.4. The fraction of sp³-hybridized carbons (Fsp3) is 0.684. The van der Waals surface area contributed by atoms with Gasteiger partial charge in [-0.25, -0.2) is 9.59 Å². The highest BCUT2D eigenvalue weighted by Gasteiger charge is 2.69. The van der Waals surface area contributed by atoms with Gasteiger partial charge in [-0.3, -0.25) is 0 Å². The molecule has 2 rings (SSSR count). The number of carbonyl (C=O) groups is 2. The van der Waals surface area contributed by atoms with E-state index >= 15 is 0 Å². The van der Waals surface area contributed by atoms with Gasteiger partial charge >= 0.3 is 11.9 Å². The first kappa shape index (κ1) is 19.7. The third kappa shape index (κ3) is 2.91. The number of unbranched alkanes of at least 4 members (excludes halogenated alkanes) is 4. The molecular formula is C19H28O6. The van der Waals surface area contributed by atoms with Crippen LogP contribution in [0, 0.1) is 0 Å². The Kier molecular flexibility index (Phi) is 5.44. The summed E-state index contributed by atoms with van der Waals surface area (Å²) in [5.74, 6) is -1.56. The molecule has 1 aliphatic carbocycles. The first-order valence-electron chi connectivity index (χ1n) is 8.84. The van der Waals surface area contributed by atoms with E-state index in [1.54, 1.807) is 6.08 Å². The smallest absolute Gasteiger partial charge is 0.345 e. The Balaban J connectivity index is 2.40. The lowest BCUT2D eigenvalue weighted by Gasteiger charge is -2.51. The average molecular weight is 352 g/mol. The molecule has 140 valence electrons. The molecule has 0 fully saturated rings. The molecule has 0 aromatic carbocycles. The summed E-state index contributed by atoms with van der Waals surface area (Å²) in [6.45, 7) is 4.92. The molecule has 0 aromatic heterocycles. The van der Waals surface area contributed by atoms with Crippen LogP contribution in [0.25, 0.3) is 0 Å². The maximum Gasteiger partial charge on any atom is 0.345 e. The Morgan fingerprint density at radius 3 is 2.40 bits per heavy atom. The Labute approximate surface area is 148 Å². The van der Waals surface area contributed by atoms with E-state index in [1.165, 1.54) is 19.9 Å². The lowest BCUT2D eigenvalue weighted by atomic mass is 9.61. The topological polar surface area (TPSA) is 93.1 Å². The van der Waals surface area contributed by atoms with Gasteiger partial charge in [-0.2, -0.15) is 0 Å². The zero-order chi connectivity index (χ0) is 18.9. The van der Waals surface area contributed by atoms with Crippen LogP contribution in [-0.2, 0) is 19.1 Å². The van der Waals surface area contributed by atoms with Crippen LogP contribution in [0.4, 0.5) is 0 Å². The molecule has 0 saturated carbocycles. The van der Waals surface area contributed by atoms with Gasteiger partial charge in [0, 0.05) is 11.6 Å². The molecule has 6 nitrogen and oxygen atoms in total. The van der Waals surface area contributed by atoms with Gasteiger partial charge in [-0.1, -0.05) is 38.7 Å². The summed E-state index contributed by atoms with van der Waals surface area (Å²) < 4.78 is 10.0. The standard InChI is InChI=1S/C19H28O6/c1-5-6-7-8-9-10-13-11-14-12-15(20)25-17(14,2)18(3,22)19(13,23)16(21)24-4/h11-12,22-23H,5-10H2,1-4H3. The van der Waals surface area contributed by atoms with Crippen LogP contribution >= 0.6 is 0 Å². The molecule has 25 heavy (non-hydrogen) atoms. The van der Waals surface area contributed by atoms with Crippen LogP contribution in [0.5, 0.6) is 0 Å². The van der Waals surface area contributed by atoms with Crippen molar-refractivity contribution in [2.75, 3.05) is 7.11 Å². The molecule has 0 spiro atoms. The fourth-order valence-electron chi connectivity index (χ4n) is 3.71. The quantitative estimate of drug-likeness (QED) is 0.539. The lowest BCUT2D eigenvalue weighted by molar-refractivity contribution is -0.227. The lowest BCUT2D eigenvalue weighted by Crippen LogP contribution is -2.71. The van der Waals surface area contributed by atoms with Crippen LogP contribution in [0.1, 0.15) is 59.3 Å². The summed E-state index contributed by atoms with van der Waals surface area (Å²) in [6.07, 6.45) is 8.35. The first-order valence-corrected chi connectivity index (χ1v) is 8.84. The van der Waals surface area contributed by atoms with E-state index in [0.717, 1.165) is 39.2 Å². The van der Waals surface area contributed by atoms with E-state index in [4.69, 9.17) is 9.47 Å². The normalized spacial score (nSPS) is 34.1. The molecule has 1 aliphatic heterocycles. The minimum Gasteiger partial charge on any atom is -0.467 e. The maximum absolute atomic E-state index is 12.4. The summed E-state index contributed by atoms with van der Waals surface area (Å²) in [6, 6.07) is 0. The number of rotatable bonds is 7. The number of methoxy groups -OCH3 is 1. The number of esters is 2. The molecule has 2 aliphatic rings. The number of hydrogen-bond acceptors (Lipinski definition) is 6. The Hall–Kier alpha value is -1.66. The molecule has 0 bridgehead atoms. The third-order valence-corrected chi connectivity index (χ3v) is 5.59. The van der Waals surface area contributed by atoms with Gasteiger partial charge in [0.05, 0.1) is 7.11 Å².